The van der Waals surface area contributed by atoms with E-state index in [0.29, 0.717) is 13.0 Å². The van der Waals surface area contributed by atoms with Crippen molar-refractivity contribution in [1.82, 2.24) is 0 Å². The summed E-state index contributed by atoms with van der Waals surface area (Å²) in [6.45, 7) is 3.72. The van der Waals surface area contributed by atoms with Crippen LogP contribution in [0, 0.1) is 5.41 Å². The molecule has 0 bridgehead atoms. The van der Waals surface area contributed by atoms with Crippen LogP contribution in [-0.2, 0) is 13.8 Å². The van der Waals surface area contributed by atoms with Gasteiger partial charge < -0.3 is 38.5 Å². The van der Waals surface area contributed by atoms with Crippen LogP contribution in [0.25, 0.3) is 0 Å². The normalized spacial score (nSPS) is 14.0. The smallest absolute Gasteiger partial charge is 0.327 e. The molecule has 0 saturated heterocycles. The second kappa shape index (κ2) is 13.8. The second-order valence-corrected chi connectivity index (χ2v) is 6.96. The zero-order chi connectivity index (χ0) is 17.7. The van der Waals surface area contributed by atoms with Gasteiger partial charge in [0.1, 0.15) is 0 Å². The van der Waals surface area contributed by atoms with Gasteiger partial charge in [-0.2, -0.15) is 0 Å². The fourth-order valence-corrected chi connectivity index (χ4v) is 2.86. The lowest BCUT2D eigenvalue weighted by molar-refractivity contribution is -0.110. The van der Waals surface area contributed by atoms with E-state index in [0.717, 1.165) is 25.7 Å². The minimum atomic E-state index is -2.59. The quantitative estimate of drug-likeness (QED) is 0.216. The number of aliphatic hydroxyl groups is 1. The van der Waals surface area contributed by atoms with Crippen LogP contribution < -0.4 is 0 Å². The van der Waals surface area contributed by atoms with Gasteiger partial charge in [-0.15, -0.1) is 0 Å². The third kappa shape index (κ3) is 10.2. The van der Waals surface area contributed by atoms with Gasteiger partial charge in [0.05, 0.1) is 31.3 Å². The Labute approximate surface area is 140 Å². The summed E-state index contributed by atoms with van der Waals surface area (Å²) >= 11 is 0. The minimum Gasteiger partial charge on any atom is -0.396 e. The van der Waals surface area contributed by atoms with Gasteiger partial charge in [0.15, 0.2) is 0 Å². The highest BCUT2D eigenvalue weighted by Gasteiger charge is 2.41. The summed E-state index contributed by atoms with van der Waals surface area (Å²) in [5.41, 5.74) is -1.10. The Balaban J connectivity index is 5.11. The predicted molar refractivity (Wildman–Crippen MR) is 88.3 cm³/mol. The molecule has 0 aliphatic rings. The van der Waals surface area contributed by atoms with Crippen LogP contribution in [0.1, 0.15) is 46.0 Å². The molecular weight excluding hydrogens is 346 g/mol. The Bertz CT molecular complexity index is 269. The van der Waals surface area contributed by atoms with Crippen molar-refractivity contribution in [3.63, 3.8) is 0 Å². The van der Waals surface area contributed by atoms with Crippen LogP contribution in [0.3, 0.4) is 0 Å². The van der Waals surface area contributed by atoms with Gasteiger partial charge in [-0.1, -0.05) is 33.1 Å². The Hall–Kier alpha value is 0.540. The minimum absolute atomic E-state index is 0.216. The third-order valence-electron chi connectivity index (χ3n) is 3.57. The van der Waals surface area contributed by atoms with Crippen molar-refractivity contribution in [3.05, 3.63) is 0 Å². The van der Waals surface area contributed by atoms with E-state index in [1.165, 1.54) is 0 Å². The average Bonchev–Trinajstić information content (AvgIpc) is 2.51. The predicted octanol–water partition coefficient (Wildman–Crippen LogP) is 1.80. The molecule has 0 saturated carbocycles. The van der Waals surface area contributed by atoms with E-state index in [1.54, 1.807) is 0 Å². The molecule has 8 nitrogen and oxygen atoms in total. The first-order chi connectivity index (χ1) is 10.9. The van der Waals surface area contributed by atoms with Crippen molar-refractivity contribution in [3.8, 4) is 0 Å². The summed E-state index contributed by atoms with van der Waals surface area (Å²) in [7, 11) is -5.18. The van der Waals surface area contributed by atoms with Crippen molar-refractivity contribution in [2.24, 2.45) is 5.41 Å². The summed E-state index contributed by atoms with van der Waals surface area (Å²) in [6, 6.07) is 0. The van der Waals surface area contributed by atoms with Gasteiger partial charge in [-0.3, -0.25) is 0 Å². The molecule has 10 heteroatoms. The van der Waals surface area contributed by atoms with Gasteiger partial charge in [0.2, 0.25) is 0 Å². The van der Waals surface area contributed by atoms with E-state index >= 15 is 0 Å². The van der Waals surface area contributed by atoms with Crippen LogP contribution in [0.2, 0.25) is 0 Å². The van der Waals surface area contributed by atoms with Gasteiger partial charge in [0.25, 0.3) is 0 Å². The molecule has 0 spiro atoms. The van der Waals surface area contributed by atoms with Gasteiger partial charge in [0, 0.05) is 6.61 Å². The van der Waals surface area contributed by atoms with E-state index < -0.39 is 35.3 Å². The van der Waals surface area contributed by atoms with E-state index in [9.17, 15) is 5.11 Å². The third-order valence-corrected chi connectivity index (χ3v) is 4.29. The van der Waals surface area contributed by atoms with Crippen molar-refractivity contribution >= 4 is 17.2 Å². The second-order valence-electron chi connectivity index (χ2n) is 5.43. The number of rotatable bonds is 15. The standard InChI is InChI=1S/C13H30O8P2/c1-3-5-7-12(19-8-6-4-2)13(9-14,10-20-22(15)16)11-21-23(17)18/h12,14-18H,3-11H2,1-2H3. The molecule has 0 aromatic heterocycles. The maximum Gasteiger partial charge on any atom is 0.327 e. The highest BCUT2D eigenvalue weighted by molar-refractivity contribution is 7.39. The largest absolute Gasteiger partial charge is 0.396 e. The zero-order valence-corrected chi connectivity index (χ0v) is 15.6. The molecular formula is C13H30O8P2. The monoisotopic (exact) mass is 376 g/mol. The molecule has 5 N–H and O–H groups in total. The number of hydrogen-bond acceptors (Lipinski definition) is 8. The summed E-state index contributed by atoms with van der Waals surface area (Å²) in [5, 5.41) is 9.88. The van der Waals surface area contributed by atoms with Crippen molar-refractivity contribution < 1.29 is 38.5 Å². The van der Waals surface area contributed by atoms with Crippen molar-refractivity contribution in [1.29, 1.82) is 0 Å². The first-order valence-electron chi connectivity index (χ1n) is 7.75. The molecule has 0 radical (unpaired) electrons. The number of aliphatic hydroxyl groups excluding tert-OH is 1. The maximum absolute atomic E-state index is 9.88. The number of hydrogen-bond donors (Lipinski definition) is 5. The number of unbranched alkanes of at least 4 members (excludes halogenated alkanes) is 2. The van der Waals surface area contributed by atoms with Crippen molar-refractivity contribution in [2.45, 2.75) is 52.1 Å². The zero-order valence-electron chi connectivity index (χ0n) is 13.8. The lowest BCUT2D eigenvalue weighted by atomic mass is 9.82. The topological polar surface area (TPSA) is 129 Å². The maximum atomic E-state index is 9.88. The van der Waals surface area contributed by atoms with E-state index in [4.69, 9.17) is 33.4 Å². The molecule has 140 valence electrons. The first-order valence-corrected chi connectivity index (χ1v) is 10.1. The summed E-state index contributed by atoms with van der Waals surface area (Å²) in [4.78, 5) is 36.0. The Morgan fingerprint density at radius 1 is 0.913 bits per heavy atom. The van der Waals surface area contributed by atoms with Gasteiger partial charge in [-0.25, -0.2) is 0 Å². The fourth-order valence-electron chi connectivity index (χ4n) is 2.12. The Kier molecular flexibility index (Phi) is 14.1. The molecule has 0 aromatic carbocycles. The van der Waals surface area contributed by atoms with Crippen LogP contribution in [0.5, 0.6) is 0 Å². The molecule has 1 unspecified atom stereocenters. The molecule has 23 heavy (non-hydrogen) atoms. The SMILES string of the molecule is CCCCOC(CCCC)C(CO)(COP(O)O)COP(O)O. The Morgan fingerprint density at radius 3 is 1.83 bits per heavy atom. The number of ether oxygens (including phenoxy) is 1. The Morgan fingerprint density at radius 2 is 1.43 bits per heavy atom. The van der Waals surface area contributed by atoms with E-state index in [-0.39, 0.29) is 13.2 Å². The molecule has 0 heterocycles. The summed E-state index contributed by atoms with van der Waals surface area (Å²) < 4.78 is 15.7. The molecule has 0 rings (SSSR count). The van der Waals surface area contributed by atoms with Gasteiger partial charge in [-0.05, 0) is 12.8 Å². The lowest BCUT2D eigenvalue weighted by Crippen LogP contribution is -2.47. The first kappa shape index (κ1) is 23.5. The van der Waals surface area contributed by atoms with E-state index in [2.05, 4.69) is 0 Å². The summed E-state index contributed by atoms with van der Waals surface area (Å²) in [6.07, 6.45) is 3.75. The van der Waals surface area contributed by atoms with Crippen LogP contribution >= 0.6 is 17.2 Å². The molecule has 0 fully saturated rings. The van der Waals surface area contributed by atoms with Crippen LogP contribution in [0.15, 0.2) is 0 Å². The average molecular weight is 376 g/mol. The van der Waals surface area contributed by atoms with E-state index in [1.807, 2.05) is 13.8 Å². The molecule has 1 atom stereocenters. The van der Waals surface area contributed by atoms with Crippen LogP contribution in [-0.4, -0.2) is 57.2 Å². The fraction of sp³-hybridized carbons (Fsp3) is 1.00. The molecule has 0 amide bonds. The van der Waals surface area contributed by atoms with Gasteiger partial charge >= 0.3 is 17.2 Å². The molecule has 0 aromatic rings. The molecule has 0 aliphatic heterocycles. The highest BCUT2D eigenvalue weighted by Crippen LogP contribution is 2.38. The lowest BCUT2D eigenvalue weighted by Gasteiger charge is -2.38. The highest BCUT2D eigenvalue weighted by atomic mass is 31.2. The molecule has 0 aliphatic carbocycles. The van der Waals surface area contributed by atoms with Crippen molar-refractivity contribution in [2.75, 3.05) is 26.4 Å². The summed E-state index contributed by atoms with van der Waals surface area (Å²) in [5.74, 6) is 0. The van der Waals surface area contributed by atoms with Crippen LogP contribution in [0.4, 0.5) is 0 Å².